The van der Waals surface area contributed by atoms with Crippen molar-refractivity contribution in [2.24, 2.45) is 0 Å². The fourth-order valence-electron chi connectivity index (χ4n) is 3.50. The molecule has 23 heavy (non-hydrogen) atoms. The van der Waals surface area contributed by atoms with Gasteiger partial charge >= 0.3 is 6.18 Å². The molecule has 3 nitrogen and oxygen atoms in total. The number of benzene rings is 1. The van der Waals surface area contributed by atoms with Gasteiger partial charge in [-0.15, -0.1) is 0 Å². The van der Waals surface area contributed by atoms with Crippen molar-refractivity contribution >= 4 is 5.91 Å². The number of aryl methyl sites for hydroxylation is 1. The van der Waals surface area contributed by atoms with Crippen LogP contribution in [0.1, 0.15) is 36.3 Å². The van der Waals surface area contributed by atoms with E-state index >= 15 is 0 Å². The molecule has 1 aliphatic carbocycles. The van der Waals surface area contributed by atoms with Gasteiger partial charge in [-0.2, -0.15) is 13.2 Å². The smallest absolute Gasteiger partial charge is 0.332 e. The van der Waals surface area contributed by atoms with Crippen molar-refractivity contribution in [2.45, 2.75) is 50.4 Å². The van der Waals surface area contributed by atoms with Crippen LogP contribution in [0.2, 0.25) is 0 Å². The van der Waals surface area contributed by atoms with E-state index in [-0.39, 0.29) is 12.6 Å². The van der Waals surface area contributed by atoms with Crippen molar-refractivity contribution in [1.82, 2.24) is 10.2 Å². The first-order valence-corrected chi connectivity index (χ1v) is 8.00. The third-order valence-electron chi connectivity index (χ3n) is 4.76. The zero-order chi connectivity index (χ0) is 16.6. The van der Waals surface area contributed by atoms with E-state index in [1.54, 1.807) is 0 Å². The molecular formula is C17H21F3N2O. The third kappa shape index (κ3) is 3.86. The van der Waals surface area contributed by atoms with Gasteiger partial charge in [0, 0.05) is 12.6 Å². The number of nitrogens with zero attached hydrogens (tertiary/aromatic N) is 1. The van der Waals surface area contributed by atoms with Crippen molar-refractivity contribution in [3.8, 4) is 0 Å². The molecule has 2 fully saturated rings. The normalized spacial score (nSPS) is 28.1. The minimum Gasteiger partial charge on any atom is -0.332 e. The van der Waals surface area contributed by atoms with Gasteiger partial charge in [0.25, 0.3) is 0 Å². The molecule has 0 spiro atoms. The van der Waals surface area contributed by atoms with Crippen LogP contribution in [-0.4, -0.2) is 42.2 Å². The van der Waals surface area contributed by atoms with E-state index in [0.717, 1.165) is 17.7 Å². The van der Waals surface area contributed by atoms with Gasteiger partial charge in [0.05, 0.1) is 6.04 Å². The lowest BCUT2D eigenvalue weighted by atomic mass is 9.75. The van der Waals surface area contributed by atoms with Gasteiger partial charge in [-0.25, -0.2) is 0 Å². The lowest BCUT2D eigenvalue weighted by Crippen LogP contribution is -2.49. The maximum atomic E-state index is 12.4. The average Bonchev–Trinajstić information content (AvgIpc) is 2.73. The molecule has 0 unspecified atom stereocenters. The molecule has 1 heterocycles. The number of amides is 1. The van der Waals surface area contributed by atoms with Crippen LogP contribution in [-0.2, 0) is 4.79 Å². The Bertz CT molecular complexity index is 581. The first-order chi connectivity index (χ1) is 10.8. The Labute approximate surface area is 133 Å². The number of carbonyl (C=O) groups excluding carboxylic acids is 1. The lowest BCUT2D eigenvalue weighted by Gasteiger charge is -2.38. The SMILES string of the molecule is Cc1cccc(C2CC(N[C@@H]3CCN(CC(F)(F)F)C3=O)C2)c1. The highest BCUT2D eigenvalue weighted by Gasteiger charge is 2.41. The number of carbonyl (C=O) groups is 1. The summed E-state index contributed by atoms with van der Waals surface area (Å²) in [6, 6.07) is 8.15. The Hall–Kier alpha value is -1.56. The van der Waals surface area contributed by atoms with Crippen LogP contribution in [0.4, 0.5) is 13.2 Å². The molecule has 1 aromatic rings. The minimum absolute atomic E-state index is 0.185. The molecule has 1 aliphatic heterocycles. The number of nitrogens with one attached hydrogen (secondary N) is 1. The molecule has 1 saturated heterocycles. The molecule has 1 aromatic carbocycles. The van der Waals surface area contributed by atoms with E-state index in [1.165, 1.54) is 11.1 Å². The van der Waals surface area contributed by atoms with Gasteiger partial charge < -0.3 is 10.2 Å². The minimum atomic E-state index is -4.32. The summed E-state index contributed by atoms with van der Waals surface area (Å²) in [5, 5.41) is 3.24. The summed E-state index contributed by atoms with van der Waals surface area (Å²) in [5.41, 5.74) is 2.53. The fraction of sp³-hybridized carbons (Fsp3) is 0.588. The summed E-state index contributed by atoms with van der Waals surface area (Å²) < 4.78 is 37.2. The number of halogens is 3. The molecule has 1 atom stereocenters. The predicted octanol–water partition coefficient (Wildman–Crippen LogP) is 2.99. The molecule has 2 aliphatic rings. The Morgan fingerprint density at radius 2 is 2.04 bits per heavy atom. The van der Waals surface area contributed by atoms with Gasteiger partial charge in [0.2, 0.25) is 5.91 Å². The summed E-state index contributed by atoms with van der Waals surface area (Å²) in [4.78, 5) is 12.9. The Kier molecular flexibility index (Phi) is 4.36. The summed E-state index contributed by atoms with van der Waals surface area (Å²) in [6.07, 6.45) is -1.99. The highest BCUT2D eigenvalue weighted by molar-refractivity contribution is 5.84. The van der Waals surface area contributed by atoms with Crippen molar-refractivity contribution in [2.75, 3.05) is 13.1 Å². The Balaban J connectivity index is 1.48. The molecule has 0 aromatic heterocycles. The second kappa shape index (κ2) is 6.15. The number of likely N-dealkylation sites (tertiary alicyclic amines) is 1. The van der Waals surface area contributed by atoms with E-state index in [9.17, 15) is 18.0 Å². The highest BCUT2D eigenvalue weighted by atomic mass is 19.4. The van der Waals surface area contributed by atoms with Crippen molar-refractivity contribution in [3.05, 3.63) is 35.4 Å². The standard InChI is InChI=1S/C17H21F3N2O/c1-11-3-2-4-12(7-11)13-8-14(9-13)21-15-5-6-22(16(15)23)10-17(18,19)20/h2-4,7,13-15,21H,5-6,8-10H2,1H3/t13?,14?,15-/m1/s1. The second-order valence-corrected chi connectivity index (χ2v) is 6.66. The molecule has 6 heteroatoms. The lowest BCUT2D eigenvalue weighted by molar-refractivity contribution is -0.158. The van der Waals surface area contributed by atoms with Gasteiger partial charge in [-0.3, -0.25) is 4.79 Å². The van der Waals surface area contributed by atoms with Crippen LogP contribution in [0.3, 0.4) is 0 Å². The molecule has 0 bridgehead atoms. The van der Waals surface area contributed by atoms with E-state index in [1.807, 2.05) is 6.07 Å². The fourth-order valence-corrected chi connectivity index (χ4v) is 3.50. The van der Waals surface area contributed by atoms with Crippen LogP contribution >= 0.6 is 0 Å². The number of hydrogen-bond donors (Lipinski definition) is 1. The van der Waals surface area contributed by atoms with Crippen molar-refractivity contribution < 1.29 is 18.0 Å². The Morgan fingerprint density at radius 3 is 2.70 bits per heavy atom. The first kappa shape index (κ1) is 16.3. The zero-order valence-electron chi connectivity index (χ0n) is 13.1. The van der Waals surface area contributed by atoms with Crippen LogP contribution in [0.15, 0.2) is 24.3 Å². The highest BCUT2D eigenvalue weighted by Crippen LogP contribution is 2.37. The average molecular weight is 326 g/mol. The quantitative estimate of drug-likeness (QED) is 0.922. The monoisotopic (exact) mass is 326 g/mol. The van der Waals surface area contributed by atoms with Crippen molar-refractivity contribution in [3.63, 3.8) is 0 Å². The topological polar surface area (TPSA) is 32.3 Å². The summed E-state index contributed by atoms with van der Waals surface area (Å²) in [5.74, 6) is 0.0662. The van der Waals surface area contributed by atoms with E-state index in [0.29, 0.717) is 12.3 Å². The number of hydrogen-bond acceptors (Lipinski definition) is 2. The molecule has 1 N–H and O–H groups in total. The number of rotatable bonds is 4. The van der Waals surface area contributed by atoms with E-state index < -0.39 is 24.7 Å². The summed E-state index contributed by atoms with van der Waals surface area (Å²) in [7, 11) is 0. The third-order valence-corrected chi connectivity index (χ3v) is 4.76. The van der Waals surface area contributed by atoms with E-state index in [2.05, 4.69) is 30.4 Å². The first-order valence-electron chi connectivity index (χ1n) is 8.00. The molecule has 0 radical (unpaired) electrons. The molecule has 1 amide bonds. The van der Waals surface area contributed by atoms with Crippen LogP contribution in [0, 0.1) is 6.92 Å². The van der Waals surface area contributed by atoms with Crippen LogP contribution in [0.5, 0.6) is 0 Å². The zero-order valence-corrected chi connectivity index (χ0v) is 13.1. The number of alkyl halides is 3. The maximum absolute atomic E-state index is 12.4. The maximum Gasteiger partial charge on any atom is 0.406 e. The molecule has 1 saturated carbocycles. The van der Waals surface area contributed by atoms with Gasteiger partial charge in [-0.1, -0.05) is 29.8 Å². The van der Waals surface area contributed by atoms with Crippen LogP contribution in [0.25, 0.3) is 0 Å². The van der Waals surface area contributed by atoms with Crippen molar-refractivity contribution in [1.29, 1.82) is 0 Å². The molecular weight excluding hydrogens is 305 g/mol. The molecule has 3 rings (SSSR count). The second-order valence-electron chi connectivity index (χ2n) is 6.66. The Morgan fingerprint density at radius 1 is 1.30 bits per heavy atom. The summed E-state index contributed by atoms with van der Waals surface area (Å²) in [6.45, 7) is 1.11. The largest absolute Gasteiger partial charge is 0.406 e. The van der Waals surface area contributed by atoms with Gasteiger partial charge in [-0.05, 0) is 37.7 Å². The predicted molar refractivity (Wildman–Crippen MR) is 81.1 cm³/mol. The van der Waals surface area contributed by atoms with Gasteiger partial charge in [0.1, 0.15) is 6.54 Å². The molecule has 126 valence electrons. The summed E-state index contributed by atoms with van der Waals surface area (Å²) >= 11 is 0. The van der Waals surface area contributed by atoms with E-state index in [4.69, 9.17) is 0 Å². The van der Waals surface area contributed by atoms with Gasteiger partial charge in [0.15, 0.2) is 0 Å². The van der Waals surface area contributed by atoms with Crippen LogP contribution < -0.4 is 5.32 Å².